The molecule has 1 aliphatic rings. The van der Waals surface area contributed by atoms with Crippen molar-refractivity contribution in [1.82, 2.24) is 5.32 Å². The van der Waals surface area contributed by atoms with Crippen LogP contribution in [0.5, 0.6) is 17.2 Å². The third-order valence-corrected chi connectivity index (χ3v) is 7.66. The molecule has 0 aromatic heterocycles. The van der Waals surface area contributed by atoms with Crippen molar-refractivity contribution in [1.29, 1.82) is 0 Å². The van der Waals surface area contributed by atoms with Crippen LogP contribution in [-0.2, 0) is 14.8 Å². The van der Waals surface area contributed by atoms with Crippen LogP contribution >= 0.6 is 0 Å². The highest BCUT2D eigenvalue weighted by molar-refractivity contribution is 7.92. The molecular weight excluding hydrogens is 468 g/mol. The first-order valence-electron chi connectivity index (χ1n) is 11.1. The van der Waals surface area contributed by atoms with Crippen LogP contribution < -0.4 is 23.8 Å². The predicted molar refractivity (Wildman–Crippen MR) is 133 cm³/mol. The number of hydrogen-bond donors (Lipinski definition) is 1. The zero-order valence-electron chi connectivity index (χ0n) is 20.0. The summed E-state index contributed by atoms with van der Waals surface area (Å²) >= 11 is 0. The number of benzene rings is 3. The van der Waals surface area contributed by atoms with Crippen molar-refractivity contribution in [2.75, 3.05) is 25.1 Å². The quantitative estimate of drug-likeness (QED) is 0.534. The Morgan fingerprint density at radius 1 is 1.06 bits per heavy atom. The first kappa shape index (κ1) is 24.4. The van der Waals surface area contributed by atoms with Gasteiger partial charge in [-0.1, -0.05) is 24.3 Å². The maximum Gasteiger partial charge on any atom is 0.264 e. The number of fused-ring (bicyclic) bond motifs is 1. The van der Waals surface area contributed by atoms with E-state index in [0.29, 0.717) is 22.9 Å². The Labute approximate surface area is 205 Å². The van der Waals surface area contributed by atoms with Gasteiger partial charge in [0.15, 0.2) is 6.10 Å². The molecule has 0 spiro atoms. The molecule has 0 fully saturated rings. The van der Waals surface area contributed by atoms with Gasteiger partial charge in [0.1, 0.15) is 17.2 Å². The number of hydrogen-bond acceptors (Lipinski definition) is 6. The van der Waals surface area contributed by atoms with Gasteiger partial charge in [-0.05, 0) is 61.9 Å². The highest BCUT2D eigenvalue weighted by atomic mass is 32.2. The highest BCUT2D eigenvalue weighted by Gasteiger charge is 2.38. The highest BCUT2D eigenvalue weighted by Crippen LogP contribution is 2.38. The molecule has 8 nitrogen and oxygen atoms in total. The summed E-state index contributed by atoms with van der Waals surface area (Å²) in [5.41, 5.74) is 2.00. The van der Waals surface area contributed by atoms with Crippen LogP contribution in [0.15, 0.2) is 71.6 Å². The van der Waals surface area contributed by atoms with E-state index < -0.39 is 28.1 Å². The van der Waals surface area contributed by atoms with Gasteiger partial charge < -0.3 is 19.5 Å². The summed E-state index contributed by atoms with van der Waals surface area (Å²) in [6.07, 6.45) is -1.05. The summed E-state index contributed by atoms with van der Waals surface area (Å²) in [6, 6.07) is 18.3. The lowest BCUT2D eigenvalue weighted by Crippen LogP contribution is -2.51. The molecule has 0 bridgehead atoms. The Hall–Kier alpha value is -3.72. The van der Waals surface area contributed by atoms with E-state index in [1.807, 2.05) is 19.9 Å². The second kappa shape index (κ2) is 9.87. The van der Waals surface area contributed by atoms with E-state index in [2.05, 4.69) is 5.32 Å². The summed E-state index contributed by atoms with van der Waals surface area (Å²) in [5, 5.41) is 2.93. The maximum atomic E-state index is 13.5. The Morgan fingerprint density at radius 3 is 2.49 bits per heavy atom. The molecule has 0 radical (unpaired) electrons. The van der Waals surface area contributed by atoms with Gasteiger partial charge in [-0.15, -0.1) is 0 Å². The molecule has 3 aromatic rings. The van der Waals surface area contributed by atoms with Crippen LogP contribution in [-0.4, -0.2) is 41.2 Å². The molecule has 0 saturated carbocycles. The van der Waals surface area contributed by atoms with Gasteiger partial charge in [0.2, 0.25) is 0 Å². The average Bonchev–Trinajstić information content (AvgIpc) is 2.87. The van der Waals surface area contributed by atoms with Gasteiger partial charge in [0, 0.05) is 5.56 Å². The van der Waals surface area contributed by atoms with Gasteiger partial charge >= 0.3 is 0 Å². The fourth-order valence-corrected chi connectivity index (χ4v) is 5.50. The number of sulfonamides is 1. The number of rotatable bonds is 7. The van der Waals surface area contributed by atoms with E-state index in [1.165, 1.54) is 16.4 Å². The molecule has 0 saturated heterocycles. The van der Waals surface area contributed by atoms with Gasteiger partial charge in [0.25, 0.3) is 15.9 Å². The molecule has 0 unspecified atom stereocenters. The number of methoxy groups -OCH3 is 2. The maximum absolute atomic E-state index is 13.5. The zero-order valence-corrected chi connectivity index (χ0v) is 20.8. The van der Waals surface area contributed by atoms with Gasteiger partial charge in [-0.25, -0.2) is 8.42 Å². The minimum Gasteiger partial charge on any atom is -0.497 e. The molecule has 3 aromatic carbocycles. The third-order valence-electron chi connectivity index (χ3n) is 5.87. The summed E-state index contributed by atoms with van der Waals surface area (Å²) in [7, 11) is -0.806. The van der Waals surface area contributed by atoms with E-state index in [4.69, 9.17) is 14.2 Å². The fourth-order valence-electron chi connectivity index (χ4n) is 4.01. The van der Waals surface area contributed by atoms with E-state index in [0.717, 1.165) is 11.1 Å². The standard InChI is InChI=1S/C26H28N2O6S/c1-17-10-12-22-24(14-17)34-25(16-28(22)35(30,31)20-8-6-5-7-9-20)26(29)27-18(2)21-15-19(32-3)11-13-23(21)33-4/h5-15,18,25H,16H2,1-4H3,(H,27,29)/t18-,25+/m1/s1. The van der Waals surface area contributed by atoms with Crippen molar-refractivity contribution >= 4 is 21.6 Å². The average molecular weight is 497 g/mol. The van der Waals surface area contributed by atoms with Crippen LogP contribution in [0.4, 0.5) is 5.69 Å². The smallest absolute Gasteiger partial charge is 0.264 e. The van der Waals surface area contributed by atoms with Gasteiger partial charge in [-0.3, -0.25) is 9.10 Å². The molecule has 1 aliphatic heterocycles. The first-order chi connectivity index (χ1) is 16.7. The molecule has 2 atom stereocenters. The summed E-state index contributed by atoms with van der Waals surface area (Å²) in [6.45, 7) is 3.52. The molecule has 9 heteroatoms. The first-order valence-corrected chi connectivity index (χ1v) is 12.6. The van der Waals surface area contributed by atoms with Crippen molar-refractivity contribution in [3.8, 4) is 17.2 Å². The summed E-state index contributed by atoms with van der Waals surface area (Å²) in [5.74, 6) is 1.11. The van der Waals surface area contributed by atoms with Crippen LogP contribution in [0.25, 0.3) is 0 Å². The number of carbonyl (C=O) groups excluding carboxylic acids is 1. The largest absolute Gasteiger partial charge is 0.497 e. The van der Waals surface area contributed by atoms with Crippen LogP contribution in [0.3, 0.4) is 0 Å². The normalized spacial score (nSPS) is 16.0. The Morgan fingerprint density at radius 2 is 1.80 bits per heavy atom. The minimum absolute atomic E-state index is 0.141. The molecule has 1 N–H and O–H groups in total. The second-order valence-electron chi connectivity index (χ2n) is 8.27. The van der Waals surface area contributed by atoms with Crippen molar-refractivity contribution in [3.05, 3.63) is 77.9 Å². The van der Waals surface area contributed by atoms with Crippen LogP contribution in [0.2, 0.25) is 0 Å². The number of amides is 1. The zero-order chi connectivity index (χ0) is 25.2. The summed E-state index contributed by atoms with van der Waals surface area (Å²) in [4.78, 5) is 13.5. The van der Waals surface area contributed by atoms with Crippen LogP contribution in [0.1, 0.15) is 24.1 Å². The monoisotopic (exact) mass is 496 g/mol. The number of nitrogens with one attached hydrogen (secondary N) is 1. The van der Waals surface area contributed by atoms with Crippen molar-refractivity contribution in [3.63, 3.8) is 0 Å². The second-order valence-corrected chi connectivity index (χ2v) is 10.1. The number of nitrogens with zero attached hydrogens (tertiary/aromatic N) is 1. The number of ether oxygens (including phenoxy) is 3. The lowest BCUT2D eigenvalue weighted by atomic mass is 10.1. The molecule has 0 aliphatic carbocycles. The van der Waals surface area contributed by atoms with Gasteiger partial charge in [-0.2, -0.15) is 0 Å². The molecular formula is C26H28N2O6S. The fraction of sp³-hybridized carbons (Fsp3) is 0.269. The van der Waals surface area contributed by atoms with Crippen LogP contribution in [0, 0.1) is 6.92 Å². The van der Waals surface area contributed by atoms with E-state index >= 15 is 0 Å². The molecule has 1 amide bonds. The lowest BCUT2D eigenvalue weighted by Gasteiger charge is -2.35. The summed E-state index contributed by atoms with van der Waals surface area (Å²) < 4.78 is 45.0. The lowest BCUT2D eigenvalue weighted by molar-refractivity contribution is -0.128. The Balaban J connectivity index is 1.64. The van der Waals surface area contributed by atoms with E-state index in [1.54, 1.807) is 62.8 Å². The predicted octanol–water partition coefficient (Wildman–Crippen LogP) is 3.85. The van der Waals surface area contributed by atoms with Crippen molar-refractivity contribution in [2.45, 2.75) is 30.9 Å². The SMILES string of the molecule is COc1ccc(OC)c([C@@H](C)NC(=O)[C@@H]2CN(S(=O)(=O)c3ccccc3)c3ccc(C)cc3O2)c1. The van der Waals surface area contributed by atoms with E-state index in [9.17, 15) is 13.2 Å². The molecule has 4 rings (SSSR count). The number of anilines is 1. The Bertz CT molecular complexity index is 1330. The molecule has 1 heterocycles. The van der Waals surface area contributed by atoms with Crippen molar-refractivity contribution in [2.24, 2.45) is 0 Å². The van der Waals surface area contributed by atoms with E-state index in [-0.39, 0.29) is 11.4 Å². The minimum atomic E-state index is -3.92. The number of carbonyl (C=O) groups is 1. The van der Waals surface area contributed by atoms with Crippen molar-refractivity contribution < 1.29 is 27.4 Å². The van der Waals surface area contributed by atoms with Gasteiger partial charge in [0.05, 0.1) is 37.4 Å². The molecule has 35 heavy (non-hydrogen) atoms. The third kappa shape index (κ3) is 4.90. The molecule has 184 valence electrons. The topological polar surface area (TPSA) is 94.2 Å². The Kier molecular flexibility index (Phi) is 6.88. The number of aryl methyl sites for hydroxylation is 1.